The van der Waals surface area contributed by atoms with E-state index in [1.807, 2.05) is 18.2 Å². The zero-order valence-electron chi connectivity index (χ0n) is 9.81. The van der Waals surface area contributed by atoms with E-state index in [2.05, 4.69) is 5.43 Å². The number of carbonyl (C=O) groups excluding carboxylic acids is 2. The maximum absolute atomic E-state index is 12.1. The Morgan fingerprint density at radius 1 is 1.35 bits per heavy atom. The number of rotatable bonds is 2. The molecule has 3 N–H and O–H groups in total. The lowest BCUT2D eigenvalue weighted by Gasteiger charge is -2.23. The van der Waals surface area contributed by atoms with Crippen molar-refractivity contribution in [3.8, 4) is 0 Å². The van der Waals surface area contributed by atoms with Gasteiger partial charge in [-0.15, -0.1) is 0 Å². The molecule has 17 heavy (non-hydrogen) atoms. The van der Waals surface area contributed by atoms with Crippen molar-refractivity contribution < 1.29 is 9.59 Å². The van der Waals surface area contributed by atoms with Crippen molar-refractivity contribution in [1.82, 2.24) is 5.43 Å². The van der Waals surface area contributed by atoms with E-state index in [0.29, 0.717) is 5.69 Å². The summed E-state index contributed by atoms with van der Waals surface area (Å²) in [5.41, 5.74) is 8.32. The number of anilines is 1. The first-order valence-electron chi connectivity index (χ1n) is 5.39. The Labute approximate surface area is 99.6 Å². The van der Waals surface area contributed by atoms with Gasteiger partial charge in [0.05, 0.1) is 11.2 Å². The van der Waals surface area contributed by atoms with Crippen LogP contribution in [0.3, 0.4) is 0 Å². The van der Waals surface area contributed by atoms with Gasteiger partial charge in [-0.25, -0.2) is 10.4 Å². The molecule has 0 radical (unpaired) electrons. The summed E-state index contributed by atoms with van der Waals surface area (Å²) >= 11 is 0. The molecular formula is C12H15N3O2. The molecule has 1 atom stereocenters. The Morgan fingerprint density at radius 2 is 1.94 bits per heavy atom. The Morgan fingerprint density at radius 3 is 2.41 bits per heavy atom. The number of nitrogens with two attached hydrogens (primary N) is 1. The highest BCUT2D eigenvalue weighted by Gasteiger charge is 2.49. The van der Waals surface area contributed by atoms with Gasteiger partial charge in [-0.1, -0.05) is 18.2 Å². The minimum Gasteiger partial charge on any atom is -0.369 e. The van der Waals surface area contributed by atoms with Crippen LogP contribution in [0, 0.1) is 5.92 Å². The molecule has 5 heteroatoms. The zero-order valence-corrected chi connectivity index (χ0v) is 9.81. The number of hydrogen-bond donors (Lipinski definition) is 2. The minimum absolute atomic E-state index is 0.311. The SMILES string of the molecule is CC1(C)NN(c2ccccc2)C(=O)C1C(N)=O. The lowest BCUT2D eigenvalue weighted by Crippen LogP contribution is -2.46. The second kappa shape index (κ2) is 3.85. The standard InChI is InChI=1S/C12H15N3O2/c1-12(2)9(10(13)16)11(17)15(14-12)8-6-4-3-5-7-8/h3-7,9,14H,1-2H3,(H2,13,16). The maximum atomic E-state index is 12.1. The molecular weight excluding hydrogens is 218 g/mol. The third-order valence-electron chi connectivity index (χ3n) is 2.89. The summed E-state index contributed by atoms with van der Waals surface area (Å²) in [5.74, 6) is -1.76. The Balaban J connectivity index is 2.36. The number of amides is 2. The van der Waals surface area contributed by atoms with Crippen LogP contribution in [0.5, 0.6) is 0 Å². The van der Waals surface area contributed by atoms with Gasteiger partial charge in [0.25, 0.3) is 5.91 Å². The van der Waals surface area contributed by atoms with Gasteiger partial charge in [0.2, 0.25) is 5.91 Å². The van der Waals surface area contributed by atoms with Crippen LogP contribution in [-0.2, 0) is 9.59 Å². The average Bonchev–Trinajstić information content (AvgIpc) is 2.50. The lowest BCUT2D eigenvalue weighted by molar-refractivity contribution is -0.131. The average molecular weight is 233 g/mol. The van der Waals surface area contributed by atoms with Crippen molar-refractivity contribution in [1.29, 1.82) is 0 Å². The van der Waals surface area contributed by atoms with Crippen molar-refractivity contribution in [3.05, 3.63) is 30.3 Å². The van der Waals surface area contributed by atoms with Gasteiger partial charge in [-0.3, -0.25) is 9.59 Å². The smallest absolute Gasteiger partial charge is 0.255 e. The molecule has 0 saturated carbocycles. The van der Waals surface area contributed by atoms with Crippen molar-refractivity contribution in [2.75, 3.05) is 5.01 Å². The van der Waals surface area contributed by atoms with E-state index in [9.17, 15) is 9.59 Å². The van der Waals surface area contributed by atoms with E-state index in [1.54, 1.807) is 26.0 Å². The molecule has 1 aromatic rings. The van der Waals surface area contributed by atoms with Crippen LogP contribution in [0.15, 0.2) is 30.3 Å². The first-order chi connectivity index (χ1) is 7.93. The molecule has 1 aromatic carbocycles. The molecule has 0 bridgehead atoms. The lowest BCUT2D eigenvalue weighted by atomic mass is 9.89. The number of nitrogens with one attached hydrogen (secondary N) is 1. The van der Waals surface area contributed by atoms with Crippen molar-refractivity contribution >= 4 is 17.5 Å². The number of benzene rings is 1. The quantitative estimate of drug-likeness (QED) is 0.727. The molecule has 1 aliphatic rings. The second-order valence-corrected chi connectivity index (χ2v) is 4.68. The van der Waals surface area contributed by atoms with Crippen molar-refractivity contribution in [2.24, 2.45) is 11.7 Å². The van der Waals surface area contributed by atoms with Crippen LogP contribution >= 0.6 is 0 Å². The molecule has 2 rings (SSSR count). The molecule has 0 spiro atoms. The topological polar surface area (TPSA) is 75.4 Å². The molecule has 1 unspecified atom stereocenters. The molecule has 0 aromatic heterocycles. The number of primary amides is 1. The first-order valence-corrected chi connectivity index (χ1v) is 5.39. The van der Waals surface area contributed by atoms with Crippen molar-refractivity contribution in [2.45, 2.75) is 19.4 Å². The van der Waals surface area contributed by atoms with Gasteiger partial charge < -0.3 is 5.73 Å². The summed E-state index contributed by atoms with van der Waals surface area (Å²) in [6.45, 7) is 3.56. The summed E-state index contributed by atoms with van der Waals surface area (Å²) in [7, 11) is 0. The minimum atomic E-state index is -0.845. The highest BCUT2D eigenvalue weighted by molar-refractivity contribution is 6.10. The van der Waals surface area contributed by atoms with E-state index < -0.39 is 17.4 Å². The molecule has 90 valence electrons. The summed E-state index contributed by atoms with van der Waals surface area (Å²) in [5, 5.41) is 1.38. The van der Waals surface area contributed by atoms with E-state index in [-0.39, 0.29) is 5.91 Å². The summed E-state index contributed by atoms with van der Waals surface area (Å²) < 4.78 is 0. The van der Waals surface area contributed by atoms with E-state index in [1.165, 1.54) is 5.01 Å². The van der Waals surface area contributed by atoms with E-state index >= 15 is 0 Å². The normalized spacial score (nSPS) is 22.8. The molecule has 1 heterocycles. The molecule has 0 aliphatic carbocycles. The van der Waals surface area contributed by atoms with Crippen LogP contribution in [0.1, 0.15) is 13.8 Å². The number of para-hydroxylation sites is 1. The van der Waals surface area contributed by atoms with Gasteiger partial charge >= 0.3 is 0 Å². The summed E-state index contributed by atoms with van der Waals surface area (Å²) in [6, 6.07) is 9.11. The predicted octanol–water partition coefficient (Wildman–Crippen LogP) is 0.418. The molecule has 1 saturated heterocycles. The number of carbonyl (C=O) groups is 2. The highest BCUT2D eigenvalue weighted by atomic mass is 16.2. The number of hydrogen-bond acceptors (Lipinski definition) is 3. The predicted molar refractivity (Wildman–Crippen MR) is 63.8 cm³/mol. The first kappa shape index (κ1) is 11.6. The number of nitrogens with zero attached hydrogens (tertiary/aromatic N) is 1. The summed E-state index contributed by atoms with van der Waals surface area (Å²) in [6.07, 6.45) is 0. The fourth-order valence-corrected chi connectivity index (χ4v) is 2.09. The molecule has 1 fully saturated rings. The fourth-order valence-electron chi connectivity index (χ4n) is 2.09. The number of hydrazine groups is 1. The Kier molecular flexibility index (Phi) is 2.63. The monoisotopic (exact) mass is 233 g/mol. The van der Waals surface area contributed by atoms with Gasteiger partial charge in [0.1, 0.15) is 5.92 Å². The Hall–Kier alpha value is -1.88. The largest absolute Gasteiger partial charge is 0.369 e. The Bertz CT molecular complexity index is 456. The molecule has 1 aliphatic heterocycles. The van der Waals surface area contributed by atoms with Crippen LogP contribution in [0.4, 0.5) is 5.69 Å². The third kappa shape index (κ3) is 1.89. The second-order valence-electron chi connectivity index (χ2n) is 4.68. The van der Waals surface area contributed by atoms with Crippen LogP contribution in [0.2, 0.25) is 0 Å². The maximum Gasteiger partial charge on any atom is 0.255 e. The van der Waals surface area contributed by atoms with Gasteiger partial charge in [0, 0.05) is 0 Å². The van der Waals surface area contributed by atoms with Gasteiger partial charge in [-0.2, -0.15) is 0 Å². The van der Waals surface area contributed by atoms with Crippen molar-refractivity contribution in [3.63, 3.8) is 0 Å². The van der Waals surface area contributed by atoms with Crippen LogP contribution in [-0.4, -0.2) is 17.4 Å². The summed E-state index contributed by atoms with van der Waals surface area (Å²) in [4.78, 5) is 23.5. The molecule has 2 amide bonds. The third-order valence-corrected chi connectivity index (χ3v) is 2.89. The zero-order chi connectivity index (χ0) is 12.6. The van der Waals surface area contributed by atoms with Crippen LogP contribution in [0.25, 0.3) is 0 Å². The van der Waals surface area contributed by atoms with Gasteiger partial charge in [-0.05, 0) is 26.0 Å². The van der Waals surface area contributed by atoms with E-state index in [4.69, 9.17) is 5.73 Å². The molecule has 5 nitrogen and oxygen atoms in total. The van der Waals surface area contributed by atoms with Crippen LogP contribution < -0.4 is 16.2 Å². The van der Waals surface area contributed by atoms with Gasteiger partial charge in [0.15, 0.2) is 0 Å². The highest BCUT2D eigenvalue weighted by Crippen LogP contribution is 2.29. The fraction of sp³-hybridized carbons (Fsp3) is 0.333. The van der Waals surface area contributed by atoms with E-state index in [0.717, 1.165) is 0 Å².